The zero-order valence-electron chi connectivity index (χ0n) is 15.0. The molecule has 0 saturated carbocycles. The van der Waals surface area contributed by atoms with Crippen molar-refractivity contribution in [3.63, 3.8) is 0 Å². The molecule has 1 aliphatic heterocycles. The molecule has 1 amide bonds. The van der Waals surface area contributed by atoms with Crippen LogP contribution in [0.5, 0.6) is 5.75 Å². The van der Waals surface area contributed by atoms with Crippen LogP contribution in [0.4, 0.5) is 0 Å². The molecule has 4 heteroatoms. The van der Waals surface area contributed by atoms with Crippen LogP contribution in [0, 0.1) is 0 Å². The van der Waals surface area contributed by atoms with Crippen LogP contribution in [0.15, 0.2) is 53.9 Å². The smallest absolute Gasteiger partial charge is 0.222 e. The van der Waals surface area contributed by atoms with Crippen molar-refractivity contribution in [3.8, 4) is 16.9 Å². The molecule has 1 saturated heterocycles. The molecule has 1 aromatic heterocycles. The number of carbonyl (C=O) groups is 1. The van der Waals surface area contributed by atoms with Crippen molar-refractivity contribution in [2.75, 3.05) is 13.1 Å². The van der Waals surface area contributed by atoms with E-state index in [1.165, 1.54) is 21.2 Å². The largest absolute Gasteiger partial charge is 0.490 e. The van der Waals surface area contributed by atoms with Gasteiger partial charge in [0.25, 0.3) is 0 Å². The van der Waals surface area contributed by atoms with Crippen LogP contribution in [0.2, 0.25) is 0 Å². The molecule has 0 bridgehead atoms. The fraction of sp³-hybridized carbons (Fsp3) is 0.318. The van der Waals surface area contributed by atoms with Gasteiger partial charge in [-0.2, -0.15) is 0 Å². The standard InChI is InChI=1S/C22H23NO2S/c1-2-22(24)23-12-9-20(10-13-23)25-19-6-3-16(4-7-19)17-5-8-21-18(15-17)11-14-26-21/h3-8,11,14-15,20H,2,9-10,12-13H2,1H3. The maximum absolute atomic E-state index is 11.8. The first-order valence-electron chi connectivity index (χ1n) is 9.25. The summed E-state index contributed by atoms with van der Waals surface area (Å²) in [5, 5.41) is 3.42. The Bertz CT molecular complexity index is 892. The van der Waals surface area contributed by atoms with Crippen LogP contribution in [0.1, 0.15) is 26.2 Å². The number of ether oxygens (including phenoxy) is 1. The van der Waals surface area contributed by atoms with E-state index in [-0.39, 0.29) is 12.0 Å². The lowest BCUT2D eigenvalue weighted by Crippen LogP contribution is -2.41. The maximum Gasteiger partial charge on any atom is 0.222 e. The Kier molecular flexibility index (Phi) is 4.93. The highest BCUT2D eigenvalue weighted by Crippen LogP contribution is 2.29. The fourth-order valence-electron chi connectivity index (χ4n) is 3.51. The normalized spacial score (nSPS) is 15.3. The maximum atomic E-state index is 11.8. The summed E-state index contributed by atoms with van der Waals surface area (Å²) in [5.41, 5.74) is 2.43. The van der Waals surface area contributed by atoms with Crippen LogP contribution in [-0.4, -0.2) is 30.0 Å². The highest BCUT2D eigenvalue weighted by molar-refractivity contribution is 7.17. The van der Waals surface area contributed by atoms with Gasteiger partial charge >= 0.3 is 0 Å². The van der Waals surface area contributed by atoms with Gasteiger partial charge in [0.1, 0.15) is 11.9 Å². The molecule has 0 spiro atoms. The molecule has 1 fully saturated rings. The molecule has 1 aliphatic rings. The lowest BCUT2D eigenvalue weighted by molar-refractivity contribution is -0.132. The summed E-state index contributed by atoms with van der Waals surface area (Å²) in [6.45, 7) is 3.52. The van der Waals surface area contributed by atoms with Crippen molar-refractivity contribution in [1.82, 2.24) is 4.90 Å². The van der Waals surface area contributed by atoms with Gasteiger partial charge in [-0.05, 0) is 52.2 Å². The van der Waals surface area contributed by atoms with Crippen molar-refractivity contribution in [2.24, 2.45) is 0 Å². The first-order valence-corrected chi connectivity index (χ1v) is 10.1. The van der Waals surface area contributed by atoms with Crippen LogP contribution in [-0.2, 0) is 4.79 Å². The Labute approximate surface area is 158 Å². The van der Waals surface area contributed by atoms with Crippen LogP contribution < -0.4 is 4.74 Å². The van der Waals surface area contributed by atoms with E-state index in [0.29, 0.717) is 6.42 Å². The quantitative estimate of drug-likeness (QED) is 0.624. The second kappa shape index (κ2) is 7.50. The van der Waals surface area contributed by atoms with Gasteiger partial charge in [-0.15, -0.1) is 11.3 Å². The number of rotatable bonds is 4. The topological polar surface area (TPSA) is 29.5 Å². The van der Waals surface area contributed by atoms with E-state index in [2.05, 4.69) is 53.9 Å². The third-order valence-corrected chi connectivity index (χ3v) is 5.94. The molecule has 2 aromatic carbocycles. The Hall–Kier alpha value is -2.33. The molecular formula is C22H23NO2S. The third-order valence-electron chi connectivity index (χ3n) is 5.04. The number of benzene rings is 2. The molecule has 3 aromatic rings. The molecule has 0 N–H and O–H groups in total. The van der Waals surface area contributed by atoms with E-state index in [1.807, 2.05) is 11.8 Å². The number of fused-ring (bicyclic) bond motifs is 1. The molecular weight excluding hydrogens is 342 g/mol. The number of piperidine rings is 1. The number of amides is 1. The summed E-state index contributed by atoms with van der Waals surface area (Å²) in [6, 6.07) is 17.1. The second-order valence-electron chi connectivity index (χ2n) is 6.75. The van der Waals surface area contributed by atoms with Crippen molar-refractivity contribution in [1.29, 1.82) is 0 Å². The molecule has 26 heavy (non-hydrogen) atoms. The van der Waals surface area contributed by atoms with E-state index in [0.717, 1.165) is 31.7 Å². The molecule has 0 aliphatic carbocycles. The number of carbonyl (C=O) groups excluding carboxylic acids is 1. The van der Waals surface area contributed by atoms with Crippen LogP contribution in [0.25, 0.3) is 21.2 Å². The summed E-state index contributed by atoms with van der Waals surface area (Å²) in [6.07, 6.45) is 2.60. The number of hydrogen-bond donors (Lipinski definition) is 0. The number of thiophene rings is 1. The van der Waals surface area contributed by atoms with Gasteiger partial charge in [0.15, 0.2) is 0 Å². The zero-order valence-corrected chi connectivity index (χ0v) is 15.8. The summed E-state index contributed by atoms with van der Waals surface area (Å²) in [5.74, 6) is 1.15. The van der Waals surface area contributed by atoms with Crippen LogP contribution >= 0.6 is 11.3 Å². The summed E-state index contributed by atoms with van der Waals surface area (Å²) in [4.78, 5) is 13.7. The van der Waals surface area contributed by atoms with Crippen molar-refractivity contribution in [2.45, 2.75) is 32.3 Å². The van der Waals surface area contributed by atoms with Crippen molar-refractivity contribution in [3.05, 3.63) is 53.9 Å². The third kappa shape index (κ3) is 3.61. The van der Waals surface area contributed by atoms with Gasteiger partial charge in [0.05, 0.1) is 0 Å². The summed E-state index contributed by atoms with van der Waals surface area (Å²) >= 11 is 1.77. The number of likely N-dealkylation sites (tertiary alicyclic amines) is 1. The molecule has 4 rings (SSSR count). The Balaban J connectivity index is 1.39. The monoisotopic (exact) mass is 365 g/mol. The SMILES string of the molecule is CCC(=O)N1CCC(Oc2ccc(-c3ccc4sccc4c3)cc2)CC1. The zero-order chi connectivity index (χ0) is 17.9. The Morgan fingerprint density at radius 1 is 1.08 bits per heavy atom. The first kappa shape index (κ1) is 17.1. The van der Waals surface area contributed by atoms with Gasteiger partial charge in [0, 0.05) is 37.1 Å². The lowest BCUT2D eigenvalue weighted by Gasteiger charge is -2.32. The average Bonchev–Trinajstić information content (AvgIpc) is 3.16. The highest BCUT2D eigenvalue weighted by Gasteiger charge is 2.22. The first-order chi connectivity index (χ1) is 12.7. The predicted molar refractivity (Wildman–Crippen MR) is 108 cm³/mol. The molecule has 134 valence electrons. The minimum absolute atomic E-state index is 0.198. The number of nitrogens with zero attached hydrogens (tertiary/aromatic N) is 1. The van der Waals surface area contributed by atoms with Gasteiger partial charge < -0.3 is 9.64 Å². The van der Waals surface area contributed by atoms with Gasteiger partial charge in [0.2, 0.25) is 5.91 Å². The fourth-order valence-corrected chi connectivity index (χ4v) is 4.28. The van der Waals surface area contributed by atoms with E-state index in [4.69, 9.17) is 4.74 Å². The number of hydrogen-bond acceptors (Lipinski definition) is 3. The Morgan fingerprint density at radius 3 is 2.54 bits per heavy atom. The summed E-state index contributed by atoms with van der Waals surface area (Å²) in [7, 11) is 0. The van der Waals surface area contributed by atoms with E-state index < -0.39 is 0 Å². The molecule has 0 unspecified atom stereocenters. The minimum Gasteiger partial charge on any atom is -0.490 e. The molecule has 2 heterocycles. The van der Waals surface area contributed by atoms with E-state index >= 15 is 0 Å². The predicted octanol–water partition coefficient (Wildman–Crippen LogP) is 5.35. The van der Waals surface area contributed by atoms with Gasteiger partial charge in [-0.1, -0.05) is 25.1 Å². The van der Waals surface area contributed by atoms with Crippen molar-refractivity contribution >= 4 is 27.3 Å². The molecule has 0 atom stereocenters. The van der Waals surface area contributed by atoms with Gasteiger partial charge in [-0.25, -0.2) is 0 Å². The highest BCUT2D eigenvalue weighted by atomic mass is 32.1. The molecule has 0 radical (unpaired) electrons. The summed E-state index contributed by atoms with van der Waals surface area (Å²) < 4.78 is 7.45. The van der Waals surface area contributed by atoms with E-state index in [1.54, 1.807) is 11.3 Å². The minimum atomic E-state index is 0.198. The molecule has 3 nitrogen and oxygen atoms in total. The second-order valence-corrected chi connectivity index (χ2v) is 7.70. The average molecular weight is 365 g/mol. The van der Waals surface area contributed by atoms with E-state index in [9.17, 15) is 4.79 Å². The lowest BCUT2D eigenvalue weighted by atomic mass is 10.0. The van der Waals surface area contributed by atoms with Gasteiger partial charge in [-0.3, -0.25) is 4.79 Å². The Morgan fingerprint density at radius 2 is 1.81 bits per heavy atom. The van der Waals surface area contributed by atoms with Crippen molar-refractivity contribution < 1.29 is 9.53 Å². The van der Waals surface area contributed by atoms with Crippen LogP contribution in [0.3, 0.4) is 0 Å².